The van der Waals surface area contributed by atoms with Gasteiger partial charge in [0.2, 0.25) is 8.32 Å². The van der Waals surface area contributed by atoms with Gasteiger partial charge in [-0.3, -0.25) is 9.59 Å². The molecule has 30 heavy (non-hydrogen) atoms. The standard InChI is InChI=1S/C24H38O5Si/c1-16(2)30(17(3)4,18(5)6)29-21-13-14-22(25)24(15-21,23(26)28-8)19-9-11-20(27-7)12-10-19/h9-12,16-18,21H,13-15H2,1-8H3/t21-,24+/m0/s1. The van der Waals surface area contributed by atoms with Crippen molar-refractivity contribution >= 4 is 20.1 Å². The molecule has 6 heteroatoms. The van der Waals surface area contributed by atoms with Gasteiger partial charge in [-0.25, -0.2) is 0 Å². The van der Waals surface area contributed by atoms with Crippen LogP contribution in [0.15, 0.2) is 24.3 Å². The Hall–Kier alpha value is -1.66. The van der Waals surface area contributed by atoms with Crippen molar-refractivity contribution in [3.63, 3.8) is 0 Å². The maximum absolute atomic E-state index is 13.2. The maximum atomic E-state index is 13.2. The predicted molar refractivity (Wildman–Crippen MR) is 121 cm³/mol. The summed E-state index contributed by atoms with van der Waals surface area (Å²) in [6, 6.07) is 7.17. The summed E-state index contributed by atoms with van der Waals surface area (Å²) in [5, 5.41) is 0. The van der Waals surface area contributed by atoms with Gasteiger partial charge in [-0.2, -0.15) is 0 Å². The lowest BCUT2D eigenvalue weighted by Crippen LogP contribution is -2.55. The van der Waals surface area contributed by atoms with Crippen molar-refractivity contribution in [2.24, 2.45) is 0 Å². The first kappa shape index (κ1) is 24.6. The number of carbonyl (C=O) groups excluding carboxylic acids is 2. The Morgan fingerprint density at radius 2 is 1.53 bits per heavy atom. The highest BCUT2D eigenvalue weighted by Gasteiger charge is 2.55. The Kier molecular flexibility index (Phi) is 7.91. The molecule has 0 aliphatic heterocycles. The lowest BCUT2D eigenvalue weighted by atomic mass is 9.67. The Balaban J connectivity index is 2.49. The van der Waals surface area contributed by atoms with Gasteiger partial charge in [0, 0.05) is 12.5 Å². The highest BCUT2D eigenvalue weighted by molar-refractivity contribution is 6.77. The molecule has 1 saturated carbocycles. The molecule has 0 saturated heterocycles. The van der Waals surface area contributed by atoms with E-state index in [0.717, 1.165) is 0 Å². The summed E-state index contributed by atoms with van der Waals surface area (Å²) in [5.74, 6) is 0.0859. The number of hydrogen-bond acceptors (Lipinski definition) is 5. The minimum Gasteiger partial charge on any atom is -0.497 e. The van der Waals surface area contributed by atoms with E-state index in [-0.39, 0.29) is 11.9 Å². The van der Waals surface area contributed by atoms with Crippen molar-refractivity contribution in [1.29, 1.82) is 0 Å². The molecular weight excluding hydrogens is 396 g/mol. The fraction of sp³-hybridized carbons (Fsp3) is 0.667. The number of benzene rings is 1. The summed E-state index contributed by atoms with van der Waals surface area (Å²) in [6.45, 7) is 13.5. The fourth-order valence-electron chi connectivity index (χ4n) is 5.50. The van der Waals surface area contributed by atoms with E-state index in [1.165, 1.54) is 7.11 Å². The quantitative estimate of drug-likeness (QED) is 0.311. The van der Waals surface area contributed by atoms with Crippen molar-refractivity contribution in [3.05, 3.63) is 29.8 Å². The molecule has 168 valence electrons. The highest BCUT2D eigenvalue weighted by atomic mass is 28.4. The van der Waals surface area contributed by atoms with Crippen LogP contribution in [0.25, 0.3) is 0 Å². The van der Waals surface area contributed by atoms with Gasteiger partial charge in [0.1, 0.15) is 5.75 Å². The van der Waals surface area contributed by atoms with Crippen LogP contribution in [0.4, 0.5) is 0 Å². The van der Waals surface area contributed by atoms with E-state index in [4.69, 9.17) is 13.9 Å². The van der Waals surface area contributed by atoms with Crippen LogP contribution in [-0.4, -0.2) is 40.4 Å². The van der Waals surface area contributed by atoms with Gasteiger partial charge in [0.15, 0.2) is 11.2 Å². The zero-order chi connectivity index (χ0) is 22.7. The number of carbonyl (C=O) groups is 2. The van der Waals surface area contributed by atoms with Gasteiger partial charge < -0.3 is 13.9 Å². The summed E-state index contributed by atoms with van der Waals surface area (Å²) in [6.07, 6.45) is 1.13. The summed E-state index contributed by atoms with van der Waals surface area (Å²) in [7, 11) is 0.796. The molecule has 0 heterocycles. The second-order valence-corrected chi connectivity index (χ2v) is 14.8. The number of ketones is 1. The monoisotopic (exact) mass is 434 g/mol. The van der Waals surface area contributed by atoms with Gasteiger partial charge in [-0.1, -0.05) is 53.7 Å². The molecule has 5 nitrogen and oxygen atoms in total. The second-order valence-electron chi connectivity index (χ2n) is 9.35. The number of Topliss-reactive ketones (excluding diaryl/α,β-unsaturated/α-hetero) is 1. The lowest BCUT2D eigenvalue weighted by Gasteiger charge is -2.47. The minimum absolute atomic E-state index is 0.0923. The average Bonchev–Trinajstić information content (AvgIpc) is 2.71. The Bertz CT molecular complexity index is 709. The van der Waals surface area contributed by atoms with Crippen LogP contribution in [0.5, 0.6) is 5.75 Å². The third-order valence-corrected chi connectivity index (χ3v) is 13.1. The summed E-state index contributed by atoms with van der Waals surface area (Å²) < 4.78 is 17.4. The van der Waals surface area contributed by atoms with Crippen LogP contribution in [0.2, 0.25) is 16.6 Å². The number of rotatable bonds is 8. The molecule has 1 aliphatic rings. The molecule has 0 N–H and O–H groups in total. The van der Waals surface area contributed by atoms with Crippen molar-refractivity contribution in [2.45, 2.75) is 88.9 Å². The Morgan fingerprint density at radius 3 is 1.97 bits per heavy atom. The molecule has 2 atom stereocenters. The van der Waals surface area contributed by atoms with Gasteiger partial charge in [-0.05, 0) is 47.2 Å². The van der Waals surface area contributed by atoms with E-state index < -0.39 is 19.7 Å². The summed E-state index contributed by atoms with van der Waals surface area (Å²) in [4.78, 5) is 26.3. The van der Waals surface area contributed by atoms with Crippen LogP contribution >= 0.6 is 0 Å². The third kappa shape index (κ3) is 4.21. The van der Waals surface area contributed by atoms with Crippen LogP contribution in [0, 0.1) is 0 Å². The molecule has 0 amide bonds. The Labute approximate surface area is 182 Å². The van der Waals surface area contributed by atoms with Gasteiger partial charge in [0.05, 0.1) is 14.2 Å². The normalized spacial score (nSPS) is 22.6. The maximum Gasteiger partial charge on any atom is 0.323 e. The van der Waals surface area contributed by atoms with Crippen LogP contribution in [0.3, 0.4) is 0 Å². The van der Waals surface area contributed by atoms with Crippen LogP contribution < -0.4 is 4.74 Å². The molecule has 0 spiro atoms. The van der Waals surface area contributed by atoms with Crippen LogP contribution in [-0.2, 0) is 24.2 Å². The zero-order valence-corrected chi connectivity index (χ0v) is 20.8. The van der Waals surface area contributed by atoms with E-state index in [1.807, 2.05) is 0 Å². The summed E-state index contributed by atoms with van der Waals surface area (Å²) >= 11 is 0. The SMILES string of the molecule is COC(=O)[C@@]1(c2ccc(OC)cc2)C[C@@H](O[Si](C(C)C)(C(C)C)C(C)C)CCC1=O. The second kappa shape index (κ2) is 9.65. The van der Waals surface area contributed by atoms with Gasteiger partial charge in [0.25, 0.3) is 0 Å². The highest BCUT2D eigenvalue weighted by Crippen LogP contribution is 2.47. The molecule has 0 unspecified atom stereocenters. The number of esters is 1. The molecule has 0 bridgehead atoms. The number of methoxy groups -OCH3 is 2. The largest absolute Gasteiger partial charge is 0.497 e. The topological polar surface area (TPSA) is 61.8 Å². The predicted octanol–water partition coefficient (Wildman–Crippen LogP) is 5.42. The van der Waals surface area contributed by atoms with Crippen molar-refractivity contribution < 1.29 is 23.5 Å². The van der Waals surface area contributed by atoms with E-state index >= 15 is 0 Å². The smallest absolute Gasteiger partial charge is 0.323 e. The van der Waals surface area contributed by atoms with Crippen molar-refractivity contribution in [3.8, 4) is 5.75 Å². The number of hydrogen-bond donors (Lipinski definition) is 0. The molecule has 0 aromatic heterocycles. The first-order valence-corrected chi connectivity index (χ1v) is 13.1. The lowest BCUT2D eigenvalue weighted by molar-refractivity contribution is -0.155. The summed E-state index contributed by atoms with van der Waals surface area (Å²) in [5.41, 5.74) is 0.630. The fourth-order valence-corrected chi connectivity index (χ4v) is 11.1. The first-order chi connectivity index (χ1) is 14.1. The Morgan fingerprint density at radius 1 is 1.00 bits per heavy atom. The van der Waals surface area contributed by atoms with E-state index in [9.17, 15) is 9.59 Å². The molecule has 2 rings (SSSR count). The van der Waals surface area contributed by atoms with Gasteiger partial charge in [-0.15, -0.1) is 0 Å². The van der Waals surface area contributed by atoms with E-state index in [1.54, 1.807) is 31.4 Å². The minimum atomic E-state index is -2.14. The number of ether oxygens (including phenoxy) is 2. The molecule has 1 aromatic carbocycles. The molecule has 1 aliphatic carbocycles. The molecule has 1 fully saturated rings. The van der Waals surface area contributed by atoms with E-state index in [0.29, 0.717) is 47.2 Å². The first-order valence-electron chi connectivity index (χ1n) is 11.0. The molecule has 0 radical (unpaired) electrons. The zero-order valence-electron chi connectivity index (χ0n) is 19.8. The van der Waals surface area contributed by atoms with Crippen molar-refractivity contribution in [2.75, 3.05) is 14.2 Å². The molecular formula is C24H38O5Si. The average molecular weight is 435 g/mol. The van der Waals surface area contributed by atoms with Crippen molar-refractivity contribution in [1.82, 2.24) is 0 Å². The molecule has 1 aromatic rings. The van der Waals surface area contributed by atoms with Gasteiger partial charge >= 0.3 is 5.97 Å². The third-order valence-electron chi connectivity index (χ3n) is 6.90. The van der Waals surface area contributed by atoms with E-state index in [2.05, 4.69) is 41.5 Å². The van der Waals surface area contributed by atoms with Crippen LogP contribution in [0.1, 0.15) is 66.4 Å².